The molecule has 1 fully saturated rings. The van der Waals surface area contributed by atoms with Crippen molar-refractivity contribution in [3.63, 3.8) is 0 Å². The lowest BCUT2D eigenvalue weighted by molar-refractivity contribution is -0.136. The van der Waals surface area contributed by atoms with E-state index in [1.165, 1.54) is 5.56 Å². The van der Waals surface area contributed by atoms with Crippen LogP contribution in [0, 0.1) is 0 Å². The molecule has 0 spiro atoms. The minimum absolute atomic E-state index is 0.0588. The van der Waals surface area contributed by atoms with Crippen molar-refractivity contribution in [2.24, 2.45) is 0 Å². The van der Waals surface area contributed by atoms with Gasteiger partial charge in [-0.25, -0.2) is 4.79 Å². The number of hydrogen-bond acceptors (Lipinski definition) is 3. The molecule has 0 radical (unpaired) electrons. The van der Waals surface area contributed by atoms with E-state index in [0.29, 0.717) is 5.92 Å². The summed E-state index contributed by atoms with van der Waals surface area (Å²) in [6.45, 7) is 0.157. The predicted octanol–water partition coefficient (Wildman–Crippen LogP) is 2.06. The maximum Gasteiger partial charge on any atom is 0.317 e. The Balaban J connectivity index is 1.79. The van der Waals surface area contributed by atoms with Crippen molar-refractivity contribution >= 4 is 12.0 Å². The molecule has 2 amide bonds. The summed E-state index contributed by atoms with van der Waals surface area (Å²) in [6.07, 6.45) is 1.77. The summed E-state index contributed by atoms with van der Waals surface area (Å²) in [7, 11) is 3.40. The quantitative estimate of drug-likeness (QED) is 0.843. The number of nitrogens with zero attached hydrogens (tertiary/aromatic N) is 1. The minimum Gasteiger partial charge on any atom is -0.497 e. The Morgan fingerprint density at radius 3 is 2.77 bits per heavy atom. The molecule has 1 aliphatic rings. The monoisotopic (exact) mass is 306 g/mol. The summed E-state index contributed by atoms with van der Waals surface area (Å²) in [6, 6.07) is 7.99. The number of aliphatic carboxylic acids is 1. The molecular formula is C16H22N2O4. The lowest BCUT2D eigenvalue weighted by Crippen LogP contribution is -2.49. The molecule has 1 aromatic carbocycles. The number of nitrogens with one attached hydrogen (secondary N) is 1. The first kappa shape index (κ1) is 16.1. The summed E-state index contributed by atoms with van der Waals surface area (Å²) < 4.78 is 5.23. The van der Waals surface area contributed by atoms with Gasteiger partial charge in [0.05, 0.1) is 13.5 Å². The lowest BCUT2D eigenvalue weighted by atomic mass is 9.75. The maximum absolute atomic E-state index is 11.9. The number of benzene rings is 1. The van der Waals surface area contributed by atoms with Gasteiger partial charge >= 0.3 is 12.0 Å². The van der Waals surface area contributed by atoms with E-state index in [9.17, 15) is 9.59 Å². The highest BCUT2D eigenvalue weighted by molar-refractivity contribution is 5.75. The van der Waals surface area contributed by atoms with Crippen LogP contribution in [0.3, 0.4) is 0 Å². The van der Waals surface area contributed by atoms with E-state index < -0.39 is 5.97 Å². The standard InChI is InChI=1S/C16H22N2O4/c1-18(16(21)17-7-6-15(19)20)13-8-12(9-13)11-4-3-5-14(10-11)22-2/h3-5,10,12-13H,6-9H2,1-2H3,(H,17,21)(H,19,20). The van der Waals surface area contributed by atoms with E-state index in [1.807, 2.05) is 18.2 Å². The van der Waals surface area contributed by atoms with E-state index in [-0.39, 0.29) is 25.0 Å². The molecular weight excluding hydrogens is 284 g/mol. The highest BCUT2D eigenvalue weighted by Gasteiger charge is 2.35. The summed E-state index contributed by atoms with van der Waals surface area (Å²) in [5.74, 6) is 0.375. The number of rotatable bonds is 6. The molecule has 0 aromatic heterocycles. The normalized spacial score (nSPS) is 19.9. The molecule has 0 unspecified atom stereocenters. The average molecular weight is 306 g/mol. The molecule has 1 saturated carbocycles. The molecule has 1 aliphatic carbocycles. The third-order valence-corrected chi connectivity index (χ3v) is 4.16. The van der Waals surface area contributed by atoms with Crippen LogP contribution >= 0.6 is 0 Å². The first-order chi connectivity index (χ1) is 10.5. The van der Waals surface area contributed by atoms with Crippen LogP contribution in [0.5, 0.6) is 5.75 Å². The van der Waals surface area contributed by atoms with Gasteiger partial charge in [-0.05, 0) is 36.5 Å². The van der Waals surface area contributed by atoms with Crippen molar-refractivity contribution in [3.8, 4) is 5.75 Å². The van der Waals surface area contributed by atoms with Gasteiger partial charge < -0.3 is 20.1 Å². The second-order valence-corrected chi connectivity index (χ2v) is 5.59. The zero-order valence-electron chi connectivity index (χ0n) is 12.9. The summed E-state index contributed by atoms with van der Waals surface area (Å²) in [4.78, 5) is 24.0. The summed E-state index contributed by atoms with van der Waals surface area (Å²) in [5, 5.41) is 11.2. The number of hydrogen-bond donors (Lipinski definition) is 2. The van der Waals surface area contributed by atoms with Crippen molar-refractivity contribution in [1.82, 2.24) is 10.2 Å². The Labute approximate surface area is 130 Å². The highest BCUT2D eigenvalue weighted by atomic mass is 16.5. The molecule has 0 heterocycles. The second kappa shape index (κ2) is 7.15. The maximum atomic E-state index is 11.9. The fourth-order valence-electron chi connectivity index (χ4n) is 2.64. The van der Waals surface area contributed by atoms with Crippen LogP contribution in [0.25, 0.3) is 0 Å². The number of urea groups is 1. The average Bonchev–Trinajstić information content (AvgIpc) is 2.45. The van der Waals surface area contributed by atoms with E-state index in [0.717, 1.165) is 18.6 Å². The van der Waals surface area contributed by atoms with Crippen LogP contribution in [-0.4, -0.2) is 48.8 Å². The second-order valence-electron chi connectivity index (χ2n) is 5.59. The zero-order valence-corrected chi connectivity index (χ0v) is 12.9. The number of methoxy groups -OCH3 is 1. The Kier molecular flexibility index (Phi) is 5.25. The molecule has 0 aliphatic heterocycles. The number of ether oxygens (including phenoxy) is 1. The van der Waals surface area contributed by atoms with E-state index in [2.05, 4.69) is 11.4 Å². The van der Waals surface area contributed by atoms with E-state index in [4.69, 9.17) is 9.84 Å². The number of carbonyl (C=O) groups is 2. The highest BCUT2D eigenvalue weighted by Crippen LogP contribution is 2.40. The molecule has 2 rings (SSSR count). The van der Waals surface area contributed by atoms with Crippen LogP contribution in [0.15, 0.2) is 24.3 Å². The van der Waals surface area contributed by atoms with Crippen molar-refractivity contribution in [3.05, 3.63) is 29.8 Å². The lowest BCUT2D eigenvalue weighted by Gasteiger charge is -2.41. The van der Waals surface area contributed by atoms with Crippen molar-refractivity contribution in [2.45, 2.75) is 31.2 Å². The topological polar surface area (TPSA) is 78.9 Å². The van der Waals surface area contributed by atoms with Gasteiger partial charge in [0.2, 0.25) is 0 Å². The molecule has 6 nitrogen and oxygen atoms in total. The number of carbonyl (C=O) groups excluding carboxylic acids is 1. The fraction of sp³-hybridized carbons (Fsp3) is 0.500. The molecule has 6 heteroatoms. The fourth-order valence-corrected chi connectivity index (χ4v) is 2.64. The minimum atomic E-state index is -0.912. The van der Waals surface area contributed by atoms with Crippen molar-refractivity contribution in [1.29, 1.82) is 0 Å². The molecule has 22 heavy (non-hydrogen) atoms. The molecule has 0 atom stereocenters. The Hall–Kier alpha value is -2.24. The number of amides is 2. The number of carboxylic acids is 1. The Morgan fingerprint density at radius 1 is 1.41 bits per heavy atom. The van der Waals surface area contributed by atoms with Gasteiger partial charge in [-0.15, -0.1) is 0 Å². The van der Waals surface area contributed by atoms with Crippen LogP contribution in [0.2, 0.25) is 0 Å². The van der Waals surface area contributed by atoms with Gasteiger partial charge in [0.25, 0.3) is 0 Å². The SMILES string of the molecule is COc1cccc(C2CC(N(C)C(=O)NCCC(=O)O)C2)c1. The number of carboxylic acid groups (broad SMARTS) is 1. The zero-order chi connectivity index (χ0) is 16.1. The van der Waals surface area contributed by atoms with Gasteiger partial charge in [-0.3, -0.25) is 4.79 Å². The van der Waals surface area contributed by atoms with Gasteiger partial charge in [0, 0.05) is 19.6 Å². The van der Waals surface area contributed by atoms with E-state index >= 15 is 0 Å². The largest absolute Gasteiger partial charge is 0.497 e. The molecule has 2 N–H and O–H groups in total. The van der Waals surface area contributed by atoms with Gasteiger partial charge in [0.15, 0.2) is 0 Å². The Bertz CT molecular complexity index is 541. The van der Waals surface area contributed by atoms with Crippen LogP contribution < -0.4 is 10.1 Å². The Morgan fingerprint density at radius 2 is 2.14 bits per heavy atom. The smallest absolute Gasteiger partial charge is 0.317 e. The molecule has 1 aromatic rings. The first-order valence-electron chi connectivity index (χ1n) is 7.37. The molecule has 0 bridgehead atoms. The van der Waals surface area contributed by atoms with Crippen LogP contribution in [0.4, 0.5) is 4.79 Å². The third kappa shape index (κ3) is 3.90. The summed E-state index contributed by atoms with van der Waals surface area (Å²) in [5.41, 5.74) is 1.23. The van der Waals surface area contributed by atoms with Crippen molar-refractivity contribution < 1.29 is 19.4 Å². The predicted molar refractivity (Wildman–Crippen MR) is 82.2 cm³/mol. The van der Waals surface area contributed by atoms with Gasteiger partial charge in [0.1, 0.15) is 5.75 Å². The first-order valence-corrected chi connectivity index (χ1v) is 7.37. The van der Waals surface area contributed by atoms with Crippen LogP contribution in [0.1, 0.15) is 30.7 Å². The molecule has 120 valence electrons. The van der Waals surface area contributed by atoms with Gasteiger partial charge in [-0.2, -0.15) is 0 Å². The van der Waals surface area contributed by atoms with Gasteiger partial charge in [-0.1, -0.05) is 12.1 Å². The summed E-state index contributed by atoms with van der Waals surface area (Å²) >= 11 is 0. The van der Waals surface area contributed by atoms with Crippen LogP contribution in [-0.2, 0) is 4.79 Å². The third-order valence-electron chi connectivity index (χ3n) is 4.16. The van der Waals surface area contributed by atoms with E-state index in [1.54, 1.807) is 19.1 Å². The molecule has 0 saturated heterocycles. The van der Waals surface area contributed by atoms with Crippen molar-refractivity contribution in [2.75, 3.05) is 20.7 Å².